The van der Waals surface area contributed by atoms with Crippen molar-refractivity contribution in [3.8, 4) is 0 Å². The fraction of sp³-hybridized carbons (Fsp3) is 0.885. The van der Waals surface area contributed by atoms with E-state index in [0.717, 1.165) is 25.2 Å². The van der Waals surface area contributed by atoms with Crippen LogP contribution in [0.5, 0.6) is 0 Å². The highest BCUT2D eigenvalue weighted by Crippen LogP contribution is 2.15. The number of unbranched alkanes of at least 4 members (excludes halogenated alkanes) is 14. The van der Waals surface area contributed by atoms with Gasteiger partial charge in [0.15, 0.2) is 0 Å². The minimum atomic E-state index is -0.173. The van der Waals surface area contributed by atoms with Gasteiger partial charge in [0.05, 0.1) is 6.61 Å². The van der Waals surface area contributed by atoms with Crippen LogP contribution in [0.4, 0.5) is 0 Å². The van der Waals surface area contributed by atoms with Crippen LogP contribution in [-0.2, 0) is 9.53 Å². The molecule has 0 atom stereocenters. The zero-order chi connectivity index (χ0) is 20.9. The highest BCUT2D eigenvalue weighted by molar-refractivity contribution is 5.87. The van der Waals surface area contributed by atoms with E-state index >= 15 is 0 Å². The highest BCUT2D eigenvalue weighted by atomic mass is 16.5. The number of hydrogen-bond acceptors (Lipinski definition) is 2. The Morgan fingerprint density at radius 3 is 1.71 bits per heavy atom. The lowest BCUT2D eigenvalue weighted by Gasteiger charge is -2.08. The Balaban J connectivity index is 3.35. The van der Waals surface area contributed by atoms with Gasteiger partial charge >= 0.3 is 5.97 Å². The zero-order valence-corrected chi connectivity index (χ0v) is 19.5. The normalized spacial score (nSPS) is 11.1. The van der Waals surface area contributed by atoms with Crippen molar-refractivity contribution < 1.29 is 9.53 Å². The van der Waals surface area contributed by atoms with E-state index in [-0.39, 0.29) is 5.97 Å². The maximum atomic E-state index is 12.0. The maximum Gasteiger partial charge on any atom is 0.333 e. The molecule has 0 aliphatic heterocycles. The molecule has 0 unspecified atom stereocenters. The van der Waals surface area contributed by atoms with Gasteiger partial charge in [-0.25, -0.2) is 4.79 Å². The van der Waals surface area contributed by atoms with Crippen molar-refractivity contribution in [1.82, 2.24) is 0 Å². The van der Waals surface area contributed by atoms with E-state index in [1.54, 1.807) is 0 Å². The third-order valence-electron chi connectivity index (χ3n) is 5.53. The number of carbonyl (C=O) groups excluding carboxylic acids is 1. The standard InChI is InChI=1S/C26H50O2/c1-5-6-7-8-9-10-11-14-17-20-23-28-26(27)25(4)22-19-16-13-12-15-18-21-24(2)3/h24H,4-23H2,1-3H3. The fourth-order valence-electron chi connectivity index (χ4n) is 3.56. The summed E-state index contributed by atoms with van der Waals surface area (Å²) in [6.07, 6.45) is 22.7. The van der Waals surface area contributed by atoms with E-state index in [0.29, 0.717) is 12.2 Å². The second-order valence-corrected chi connectivity index (χ2v) is 8.98. The Hall–Kier alpha value is -0.790. The van der Waals surface area contributed by atoms with Gasteiger partial charge in [0.25, 0.3) is 0 Å². The van der Waals surface area contributed by atoms with E-state index in [2.05, 4.69) is 27.4 Å². The first-order chi connectivity index (χ1) is 13.6. The molecular weight excluding hydrogens is 344 g/mol. The quantitative estimate of drug-likeness (QED) is 0.110. The molecular formula is C26H50O2. The van der Waals surface area contributed by atoms with Crippen LogP contribution in [-0.4, -0.2) is 12.6 Å². The number of carbonyl (C=O) groups is 1. The molecule has 0 aromatic heterocycles. The Morgan fingerprint density at radius 1 is 0.714 bits per heavy atom. The maximum absolute atomic E-state index is 12.0. The van der Waals surface area contributed by atoms with Crippen LogP contribution in [0.3, 0.4) is 0 Å². The molecule has 0 aromatic carbocycles. The van der Waals surface area contributed by atoms with Crippen LogP contribution >= 0.6 is 0 Å². The summed E-state index contributed by atoms with van der Waals surface area (Å²) in [4.78, 5) is 12.0. The van der Waals surface area contributed by atoms with Gasteiger partial charge in [-0.2, -0.15) is 0 Å². The third-order valence-corrected chi connectivity index (χ3v) is 5.53. The molecule has 166 valence electrons. The zero-order valence-electron chi connectivity index (χ0n) is 19.5. The van der Waals surface area contributed by atoms with E-state index in [9.17, 15) is 4.79 Å². The molecule has 0 radical (unpaired) electrons. The number of ether oxygens (including phenoxy) is 1. The molecule has 2 heteroatoms. The van der Waals surface area contributed by atoms with Crippen molar-refractivity contribution in [3.05, 3.63) is 12.2 Å². The van der Waals surface area contributed by atoms with E-state index in [1.807, 2.05) is 0 Å². The second-order valence-electron chi connectivity index (χ2n) is 8.98. The Labute approximate surface area is 176 Å². The first-order valence-corrected chi connectivity index (χ1v) is 12.4. The second kappa shape index (κ2) is 20.9. The van der Waals surface area contributed by atoms with Gasteiger partial charge in [-0.05, 0) is 25.2 Å². The van der Waals surface area contributed by atoms with Crippen molar-refractivity contribution in [2.45, 2.75) is 136 Å². The lowest BCUT2D eigenvalue weighted by molar-refractivity contribution is -0.139. The summed E-state index contributed by atoms with van der Waals surface area (Å²) in [7, 11) is 0. The van der Waals surface area contributed by atoms with Gasteiger partial charge in [-0.1, -0.05) is 124 Å². The van der Waals surface area contributed by atoms with Crippen LogP contribution < -0.4 is 0 Å². The molecule has 0 rings (SSSR count). The highest BCUT2D eigenvalue weighted by Gasteiger charge is 2.07. The molecule has 0 aliphatic carbocycles. The van der Waals surface area contributed by atoms with Gasteiger partial charge in [0.2, 0.25) is 0 Å². The molecule has 0 bridgehead atoms. The van der Waals surface area contributed by atoms with Gasteiger partial charge in [0.1, 0.15) is 0 Å². The van der Waals surface area contributed by atoms with Crippen LogP contribution in [0, 0.1) is 5.92 Å². The molecule has 0 fully saturated rings. The van der Waals surface area contributed by atoms with Crippen LogP contribution in [0.15, 0.2) is 12.2 Å². The molecule has 0 N–H and O–H groups in total. The smallest absolute Gasteiger partial charge is 0.333 e. The Kier molecular flexibility index (Phi) is 20.3. The predicted octanol–water partition coefficient (Wildman–Crippen LogP) is 8.78. The Bertz CT molecular complexity index is 359. The van der Waals surface area contributed by atoms with E-state index < -0.39 is 0 Å². The van der Waals surface area contributed by atoms with Gasteiger partial charge in [-0.15, -0.1) is 0 Å². The van der Waals surface area contributed by atoms with Crippen molar-refractivity contribution in [1.29, 1.82) is 0 Å². The van der Waals surface area contributed by atoms with Crippen molar-refractivity contribution >= 4 is 5.97 Å². The molecule has 0 spiro atoms. The van der Waals surface area contributed by atoms with E-state index in [1.165, 1.54) is 96.3 Å². The molecule has 0 amide bonds. The number of hydrogen-bond donors (Lipinski definition) is 0. The first-order valence-electron chi connectivity index (χ1n) is 12.4. The summed E-state index contributed by atoms with van der Waals surface area (Å²) in [6, 6.07) is 0. The number of rotatable bonds is 21. The minimum Gasteiger partial charge on any atom is -0.462 e. The van der Waals surface area contributed by atoms with Crippen molar-refractivity contribution in [2.24, 2.45) is 5.92 Å². The summed E-state index contributed by atoms with van der Waals surface area (Å²) in [5.74, 6) is 0.655. The molecule has 0 saturated heterocycles. The molecule has 2 nitrogen and oxygen atoms in total. The SMILES string of the molecule is C=C(CCCCCCCCC(C)C)C(=O)OCCCCCCCCCCCC. The van der Waals surface area contributed by atoms with Gasteiger partial charge < -0.3 is 4.74 Å². The van der Waals surface area contributed by atoms with Crippen LogP contribution in [0.2, 0.25) is 0 Å². The average molecular weight is 395 g/mol. The van der Waals surface area contributed by atoms with Crippen molar-refractivity contribution in [2.75, 3.05) is 6.61 Å². The number of esters is 1. The largest absolute Gasteiger partial charge is 0.462 e. The predicted molar refractivity (Wildman–Crippen MR) is 124 cm³/mol. The molecule has 0 aliphatic rings. The minimum absolute atomic E-state index is 0.173. The van der Waals surface area contributed by atoms with Crippen molar-refractivity contribution in [3.63, 3.8) is 0 Å². The summed E-state index contributed by atoms with van der Waals surface area (Å²) in [5.41, 5.74) is 0.659. The lowest BCUT2D eigenvalue weighted by atomic mass is 10.0. The summed E-state index contributed by atoms with van der Waals surface area (Å²) >= 11 is 0. The van der Waals surface area contributed by atoms with Gasteiger partial charge in [-0.3, -0.25) is 0 Å². The van der Waals surface area contributed by atoms with Crippen LogP contribution in [0.1, 0.15) is 136 Å². The summed E-state index contributed by atoms with van der Waals surface area (Å²) in [5, 5.41) is 0. The van der Waals surface area contributed by atoms with Gasteiger partial charge in [0, 0.05) is 5.57 Å². The average Bonchev–Trinajstić information content (AvgIpc) is 2.67. The van der Waals surface area contributed by atoms with Crippen LogP contribution in [0.25, 0.3) is 0 Å². The topological polar surface area (TPSA) is 26.3 Å². The Morgan fingerprint density at radius 2 is 1.18 bits per heavy atom. The van der Waals surface area contributed by atoms with E-state index in [4.69, 9.17) is 4.74 Å². The molecule has 0 aromatic rings. The summed E-state index contributed by atoms with van der Waals surface area (Å²) < 4.78 is 5.37. The third kappa shape index (κ3) is 20.0. The summed E-state index contributed by atoms with van der Waals surface area (Å²) in [6.45, 7) is 11.3. The lowest BCUT2D eigenvalue weighted by Crippen LogP contribution is -2.08. The first kappa shape index (κ1) is 27.2. The fourth-order valence-corrected chi connectivity index (χ4v) is 3.56. The molecule has 28 heavy (non-hydrogen) atoms. The molecule has 0 heterocycles. The molecule has 0 saturated carbocycles. The monoisotopic (exact) mass is 394 g/mol.